The van der Waals surface area contributed by atoms with Gasteiger partial charge in [-0.05, 0) is 32.0 Å². The van der Waals surface area contributed by atoms with Crippen molar-refractivity contribution in [1.82, 2.24) is 9.78 Å². The maximum absolute atomic E-state index is 12.6. The zero-order valence-corrected chi connectivity index (χ0v) is 15.5. The average molecular weight is 388 g/mol. The lowest BCUT2D eigenvalue weighted by Gasteiger charge is -2.10. The summed E-state index contributed by atoms with van der Waals surface area (Å²) in [5, 5.41) is 13.1. The molecule has 0 spiro atoms. The standard InChI is InChI=1S/C15H18ClN3O5S/c1-9-14(10(2)19(17-9)6-7-24-3)18-25(22,23)11-4-5-12(15(20)21)13(16)8-11/h4-5,8,18H,6-7H2,1-3H3,(H,20,21). The molecule has 8 nitrogen and oxygen atoms in total. The molecular weight excluding hydrogens is 370 g/mol. The van der Waals surface area contributed by atoms with Crippen LogP contribution in [-0.4, -0.2) is 43.0 Å². The summed E-state index contributed by atoms with van der Waals surface area (Å²) < 4.78 is 34.3. The van der Waals surface area contributed by atoms with Gasteiger partial charge in [0, 0.05) is 7.11 Å². The minimum atomic E-state index is -3.94. The molecule has 136 valence electrons. The molecule has 0 radical (unpaired) electrons. The van der Waals surface area contributed by atoms with Gasteiger partial charge in [0.05, 0.1) is 45.7 Å². The van der Waals surface area contributed by atoms with Crippen LogP contribution in [0.2, 0.25) is 5.02 Å². The van der Waals surface area contributed by atoms with E-state index < -0.39 is 16.0 Å². The quantitative estimate of drug-likeness (QED) is 0.754. The average Bonchev–Trinajstić information content (AvgIpc) is 2.79. The number of halogens is 1. The molecule has 0 saturated carbocycles. The van der Waals surface area contributed by atoms with E-state index >= 15 is 0 Å². The van der Waals surface area contributed by atoms with E-state index in [1.807, 2.05) is 0 Å². The predicted molar refractivity (Wildman–Crippen MR) is 92.8 cm³/mol. The van der Waals surface area contributed by atoms with Crippen molar-refractivity contribution >= 4 is 33.3 Å². The molecule has 1 aromatic carbocycles. The summed E-state index contributed by atoms with van der Waals surface area (Å²) in [5.74, 6) is -1.23. The Balaban J connectivity index is 2.35. The summed E-state index contributed by atoms with van der Waals surface area (Å²) in [4.78, 5) is 10.8. The highest BCUT2D eigenvalue weighted by molar-refractivity contribution is 7.92. The molecule has 0 saturated heterocycles. The Kier molecular flexibility index (Phi) is 5.71. The molecular formula is C15H18ClN3O5S. The Labute approximate surface area is 150 Å². The normalized spacial score (nSPS) is 11.5. The van der Waals surface area contributed by atoms with E-state index in [-0.39, 0.29) is 15.5 Å². The van der Waals surface area contributed by atoms with Gasteiger partial charge in [0.1, 0.15) is 0 Å². The number of anilines is 1. The van der Waals surface area contributed by atoms with Gasteiger partial charge in [-0.25, -0.2) is 13.2 Å². The number of aromatic carboxylic acids is 1. The van der Waals surface area contributed by atoms with Crippen LogP contribution in [0.3, 0.4) is 0 Å². The van der Waals surface area contributed by atoms with E-state index in [4.69, 9.17) is 21.4 Å². The smallest absolute Gasteiger partial charge is 0.337 e. The van der Waals surface area contributed by atoms with Crippen LogP contribution in [0.1, 0.15) is 21.7 Å². The summed E-state index contributed by atoms with van der Waals surface area (Å²) >= 11 is 5.85. The second kappa shape index (κ2) is 7.42. The molecule has 0 aliphatic rings. The van der Waals surface area contributed by atoms with E-state index in [1.54, 1.807) is 25.6 Å². The number of ether oxygens (including phenoxy) is 1. The van der Waals surface area contributed by atoms with Crippen molar-refractivity contribution in [2.24, 2.45) is 0 Å². The number of hydrogen-bond donors (Lipinski definition) is 2. The third-order valence-corrected chi connectivity index (χ3v) is 5.27. The van der Waals surface area contributed by atoms with E-state index in [0.717, 1.165) is 12.1 Å². The van der Waals surface area contributed by atoms with E-state index in [2.05, 4.69) is 9.82 Å². The summed E-state index contributed by atoms with van der Waals surface area (Å²) in [6, 6.07) is 3.45. The maximum Gasteiger partial charge on any atom is 0.337 e. The fourth-order valence-electron chi connectivity index (χ4n) is 2.27. The summed E-state index contributed by atoms with van der Waals surface area (Å²) in [6.07, 6.45) is 0. The van der Waals surface area contributed by atoms with Gasteiger partial charge in [-0.1, -0.05) is 11.6 Å². The Hall–Kier alpha value is -2.10. The van der Waals surface area contributed by atoms with Crippen LogP contribution in [0.15, 0.2) is 23.1 Å². The largest absolute Gasteiger partial charge is 0.478 e. The summed E-state index contributed by atoms with van der Waals surface area (Å²) in [6.45, 7) is 4.37. The SMILES string of the molecule is COCCn1nc(C)c(NS(=O)(=O)c2ccc(C(=O)O)c(Cl)c2)c1C. The van der Waals surface area contributed by atoms with Gasteiger partial charge in [-0.2, -0.15) is 5.10 Å². The van der Waals surface area contributed by atoms with Gasteiger partial charge in [-0.15, -0.1) is 0 Å². The molecule has 0 bridgehead atoms. The van der Waals surface area contributed by atoms with Crippen molar-refractivity contribution in [1.29, 1.82) is 0 Å². The second-order valence-corrected chi connectivity index (χ2v) is 7.40. The molecule has 0 fully saturated rings. The van der Waals surface area contributed by atoms with Gasteiger partial charge in [-0.3, -0.25) is 9.40 Å². The number of hydrogen-bond acceptors (Lipinski definition) is 5. The van der Waals surface area contributed by atoms with Gasteiger partial charge in [0.25, 0.3) is 10.0 Å². The number of aryl methyl sites for hydroxylation is 1. The Morgan fingerprint density at radius 3 is 2.64 bits per heavy atom. The van der Waals surface area contributed by atoms with Gasteiger partial charge >= 0.3 is 5.97 Å². The highest BCUT2D eigenvalue weighted by Crippen LogP contribution is 2.26. The molecule has 0 unspecified atom stereocenters. The molecule has 1 aromatic heterocycles. The Morgan fingerprint density at radius 2 is 2.08 bits per heavy atom. The van der Waals surface area contributed by atoms with Crippen LogP contribution < -0.4 is 4.72 Å². The third-order valence-electron chi connectivity index (χ3n) is 3.61. The molecule has 25 heavy (non-hydrogen) atoms. The van der Waals surface area contributed by atoms with E-state index in [0.29, 0.717) is 30.2 Å². The third kappa shape index (κ3) is 4.12. The lowest BCUT2D eigenvalue weighted by molar-refractivity contribution is 0.0697. The monoisotopic (exact) mass is 387 g/mol. The highest BCUT2D eigenvalue weighted by atomic mass is 35.5. The first-order valence-corrected chi connectivity index (χ1v) is 9.12. The van der Waals surface area contributed by atoms with Crippen LogP contribution in [0.25, 0.3) is 0 Å². The van der Waals surface area contributed by atoms with Crippen molar-refractivity contribution in [2.75, 3.05) is 18.4 Å². The zero-order valence-electron chi connectivity index (χ0n) is 13.9. The number of benzene rings is 1. The number of carboxylic acids is 1. The maximum atomic E-state index is 12.6. The first kappa shape index (κ1) is 19.2. The molecule has 10 heteroatoms. The van der Waals surface area contributed by atoms with E-state index in [9.17, 15) is 13.2 Å². The minimum absolute atomic E-state index is 0.133. The summed E-state index contributed by atoms with van der Waals surface area (Å²) in [5.41, 5.74) is 1.37. The van der Waals surface area contributed by atoms with Crippen molar-refractivity contribution in [3.05, 3.63) is 40.2 Å². The fraction of sp³-hybridized carbons (Fsp3) is 0.333. The number of carbonyl (C=O) groups is 1. The van der Waals surface area contributed by atoms with Crippen molar-refractivity contribution in [2.45, 2.75) is 25.3 Å². The lowest BCUT2D eigenvalue weighted by atomic mass is 10.2. The summed E-state index contributed by atoms with van der Waals surface area (Å²) in [7, 11) is -2.37. The zero-order chi connectivity index (χ0) is 18.8. The lowest BCUT2D eigenvalue weighted by Crippen LogP contribution is -2.15. The molecule has 2 N–H and O–H groups in total. The highest BCUT2D eigenvalue weighted by Gasteiger charge is 2.21. The van der Waals surface area contributed by atoms with Crippen LogP contribution in [0.5, 0.6) is 0 Å². The second-order valence-electron chi connectivity index (χ2n) is 5.31. The number of carboxylic acid groups (broad SMARTS) is 1. The molecule has 2 rings (SSSR count). The number of sulfonamides is 1. The number of nitrogens with one attached hydrogen (secondary N) is 1. The van der Waals surface area contributed by atoms with Gasteiger partial charge in [0.15, 0.2) is 0 Å². The van der Waals surface area contributed by atoms with Crippen LogP contribution >= 0.6 is 11.6 Å². The van der Waals surface area contributed by atoms with E-state index in [1.165, 1.54) is 6.07 Å². The van der Waals surface area contributed by atoms with Crippen molar-refractivity contribution < 1.29 is 23.1 Å². The molecule has 2 aromatic rings. The first-order chi connectivity index (χ1) is 11.7. The minimum Gasteiger partial charge on any atom is -0.478 e. The molecule has 0 aliphatic carbocycles. The van der Waals surface area contributed by atoms with Crippen molar-refractivity contribution in [3.63, 3.8) is 0 Å². The predicted octanol–water partition coefficient (Wildman–Crippen LogP) is 2.30. The van der Waals surface area contributed by atoms with Crippen LogP contribution in [0.4, 0.5) is 5.69 Å². The van der Waals surface area contributed by atoms with Gasteiger partial charge in [0.2, 0.25) is 0 Å². The Morgan fingerprint density at radius 1 is 1.40 bits per heavy atom. The molecule has 0 amide bonds. The fourth-order valence-corrected chi connectivity index (χ4v) is 3.80. The molecule has 0 aliphatic heterocycles. The number of methoxy groups -OCH3 is 1. The van der Waals surface area contributed by atoms with Crippen LogP contribution in [0, 0.1) is 13.8 Å². The van der Waals surface area contributed by atoms with Crippen LogP contribution in [-0.2, 0) is 21.3 Å². The number of nitrogens with zero attached hydrogens (tertiary/aromatic N) is 2. The van der Waals surface area contributed by atoms with Gasteiger partial charge < -0.3 is 9.84 Å². The molecule has 1 heterocycles. The number of aromatic nitrogens is 2. The first-order valence-electron chi connectivity index (χ1n) is 7.26. The Bertz CT molecular complexity index is 908. The molecule has 0 atom stereocenters. The number of rotatable bonds is 7. The topological polar surface area (TPSA) is 111 Å². The van der Waals surface area contributed by atoms with Crippen molar-refractivity contribution in [3.8, 4) is 0 Å².